The maximum Gasteiger partial charge on any atom is 0.241 e. The van der Waals surface area contributed by atoms with E-state index in [9.17, 15) is 9.18 Å². The molecule has 128 valence electrons. The van der Waals surface area contributed by atoms with Crippen LogP contribution >= 0.6 is 0 Å². The summed E-state index contributed by atoms with van der Waals surface area (Å²) >= 11 is 0. The molecule has 1 aromatic rings. The maximum absolute atomic E-state index is 13.4. The van der Waals surface area contributed by atoms with Crippen molar-refractivity contribution in [1.82, 2.24) is 15.1 Å². The normalized spacial score (nSPS) is 17.7. The van der Waals surface area contributed by atoms with Gasteiger partial charge in [0.05, 0.1) is 0 Å². The van der Waals surface area contributed by atoms with Gasteiger partial charge in [-0.2, -0.15) is 0 Å². The maximum atomic E-state index is 13.4. The van der Waals surface area contributed by atoms with Crippen LogP contribution in [0.1, 0.15) is 37.3 Å². The summed E-state index contributed by atoms with van der Waals surface area (Å²) in [5.74, 6) is -0.387. The van der Waals surface area contributed by atoms with Gasteiger partial charge in [0, 0.05) is 13.1 Å². The smallest absolute Gasteiger partial charge is 0.241 e. The Hall–Kier alpha value is -1.46. The molecule has 23 heavy (non-hydrogen) atoms. The Kier molecular flexibility index (Phi) is 6.99. The summed E-state index contributed by atoms with van der Waals surface area (Å²) in [4.78, 5) is 16.7. The molecule has 2 rings (SSSR count). The molecule has 5 heteroatoms. The molecule has 4 nitrogen and oxygen atoms in total. The first-order valence-electron chi connectivity index (χ1n) is 8.50. The number of nitrogens with one attached hydrogen (secondary N) is 1. The SMILES string of the molecule is CN(C)[C@H](C(=O)NCCN1CCCCCC1)c1cccc(F)c1. The van der Waals surface area contributed by atoms with Crippen LogP contribution < -0.4 is 5.32 Å². The third kappa shape index (κ3) is 5.59. The highest BCUT2D eigenvalue weighted by atomic mass is 19.1. The van der Waals surface area contributed by atoms with Crippen LogP contribution in [0.25, 0.3) is 0 Å². The lowest BCUT2D eigenvalue weighted by Crippen LogP contribution is -2.41. The lowest BCUT2D eigenvalue weighted by Gasteiger charge is -2.25. The summed E-state index contributed by atoms with van der Waals surface area (Å²) in [6.07, 6.45) is 5.12. The van der Waals surface area contributed by atoms with E-state index in [1.165, 1.54) is 37.8 Å². The van der Waals surface area contributed by atoms with Gasteiger partial charge in [0.15, 0.2) is 0 Å². The van der Waals surface area contributed by atoms with E-state index in [0.29, 0.717) is 12.1 Å². The van der Waals surface area contributed by atoms with Crippen LogP contribution in [0, 0.1) is 5.82 Å². The molecule has 1 saturated heterocycles. The molecule has 0 spiro atoms. The number of hydrogen-bond donors (Lipinski definition) is 1. The summed E-state index contributed by atoms with van der Waals surface area (Å²) in [7, 11) is 3.67. The fraction of sp³-hybridized carbons (Fsp3) is 0.611. The Morgan fingerprint density at radius 1 is 1.26 bits per heavy atom. The van der Waals surface area contributed by atoms with E-state index in [0.717, 1.165) is 19.6 Å². The zero-order valence-corrected chi connectivity index (χ0v) is 14.2. The molecule has 1 N–H and O–H groups in total. The van der Waals surface area contributed by atoms with Crippen molar-refractivity contribution in [2.75, 3.05) is 40.3 Å². The second kappa shape index (κ2) is 8.99. The first-order valence-corrected chi connectivity index (χ1v) is 8.50. The van der Waals surface area contributed by atoms with Crippen LogP contribution in [0.3, 0.4) is 0 Å². The Balaban J connectivity index is 1.88. The molecular weight excluding hydrogens is 293 g/mol. The molecule has 0 aromatic heterocycles. The second-order valence-electron chi connectivity index (χ2n) is 6.47. The number of halogens is 1. The number of hydrogen-bond acceptors (Lipinski definition) is 3. The molecule has 1 atom stereocenters. The number of rotatable bonds is 6. The molecule has 0 radical (unpaired) electrons. The summed E-state index contributed by atoms with van der Waals surface area (Å²) in [6.45, 7) is 3.77. The third-order valence-corrected chi connectivity index (χ3v) is 4.36. The second-order valence-corrected chi connectivity index (χ2v) is 6.47. The highest BCUT2D eigenvalue weighted by molar-refractivity contribution is 5.83. The van der Waals surface area contributed by atoms with Gasteiger partial charge in [-0.1, -0.05) is 25.0 Å². The minimum atomic E-state index is -0.463. The van der Waals surface area contributed by atoms with E-state index >= 15 is 0 Å². The van der Waals surface area contributed by atoms with Gasteiger partial charge in [0.2, 0.25) is 5.91 Å². The summed E-state index contributed by atoms with van der Waals surface area (Å²) in [6, 6.07) is 5.80. The van der Waals surface area contributed by atoms with Gasteiger partial charge in [-0.25, -0.2) is 4.39 Å². The van der Waals surface area contributed by atoms with E-state index in [1.807, 2.05) is 19.0 Å². The molecule has 1 aromatic carbocycles. The van der Waals surface area contributed by atoms with Crippen LogP contribution in [0.2, 0.25) is 0 Å². The van der Waals surface area contributed by atoms with Crippen molar-refractivity contribution in [3.8, 4) is 0 Å². The molecule has 0 unspecified atom stereocenters. The quantitative estimate of drug-likeness (QED) is 0.874. The van der Waals surface area contributed by atoms with Crippen LogP contribution in [0.5, 0.6) is 0 Å². The van der Waals surface area contributed by atoms with Gasteiger partial charge >= 0.3 is 0 Å². The van der Waals surface area contributed by atoms with Crippen LogP contribution in [-0.2, 0) is 4.79 Å². The van der Waals surface area contributed by atoms with Crippen molar-refractivity contribution in [2.24, 2.45) is 0 Å². The number of amides is 1. The van der Waals surface area contributed by atoms with Crippen molar-refractivity contribution in [1.29, 1.82) is 0 Å². The molecule has 1 heterocycles. The van der Waals surface area contributed by atoms with E-state index in [4.69, 9.17) is 0 Å². The van der Waals surface area contributed by atoms with Crippen molar-refractivity contribution >= 4 is 5.91 Å². The van der Waals surface area contributed by atoms with Crippen LogP contribution in [0.15, 0.2) is 24.3 Å². The highest BCUT2D eigenvalue weighted by Crippen LogP contribution is 2.19. The number of nitrogens with zero attached hydrogens (tertiary/aromatic N) is 2. The van der Waals surface area contributed by atoms with E-state index in [-0.39, 0.29) is 11.7 Å². The van der Waals surface area contributed by atoms with Gasteiger partial charge in [0.25, 0.3) is 0 Å². The van der Waals surface area contributed by atoms with Gasteiger partial charge in [-0.3, -0.25) is 9.69 Å². The van der Waals surface area contributed by atoms with Crippen molar-refractivity contribution in [3.63, 3.8) is 0 Å². The summed E-state index contributed by atoms with van der Waals surface area (Å²) in [5, 5.41) is 3.01. The van der Waals surface area contributed by atoms with Crippen LogP contribution in [-0.4, -0.2) is 56.0 Å². The van der Waals surface area contributed by atoms with Gasteiger partial charge < -0.3 is 10.2 Å². The van der Waals surface area contributed by atoms with Gasteiger partial charge in [-0.05, 0) is 57.7 Å². The molecule has 0 bridgehead atoms. The zero-order valence-electron chi connectivity index (χ0n) is 14.2. The fourth-order valence-corrected chi connectivity index (χ4v) is 3.15. The largest absolute Gasteiger partial charge is 0.353 e. The lowest BCUT2D eigenvalue weighted by atomic mass is 10.1. The number of carbonyl (C=O) groups is 1. The van der Waals surface area contributed by atoms with Crippen molar-refractivity contribution in [3.05, 3.63) is 35.6 Å². The molecular formula is C18H28FN3O. The van der Waals surface area contributed by atoms with E-state index < -0.39 is 6.04 Å². The fourth-order valence-electron chi connectivity index (χ4n) is 3.15. The van der Waals surface area contributed by atoms with E-state index in [2.05, 4.69) is 10.2 Å². The molecule has 0 aliphatic carbocycles. The minimum absolute atomic E-state index is 0.0737. The van der Waals surface area contributed by atoms with Crippen LogP contribution in [0.4, 0.5) is 4.39 Å². The minimum Gasteiger partial charge on any atom is -0.353 e. The standard InChI is InChI=1S/C18H28FN3O/c1-21(2)17(15-8-7-9-16(19)14-15)18(23)20-10-13-22-11-5-3-4-6-12-22/h7-9,14,17H,3-6,10-13H2,1-2H3,(H,20,23)/t17-/m0/s1. The lowest BCUT2D eigenvalue weighted by molar-refractivity contribution is -0.125. The molecule has 1 aliphatic heterocycles. The molecule has 0 saturated carbocycles. The Morgan fingerprint density at radius 3 is 2.57 bits per heavy atom. The monoisotopic (exact) mass is 321 g/mol. The Labute approximate surface area is 138 Å². The summed E-state index contributed by atoms with van der Waals surface area (Å²) in [5.41, 5.74) is 0.683. The molecule has 1 aliphatic rings. The number of likely N-dealkylation sites (tertiary alicyclic amines) is 1. The predicted molar refractivity (Wildman–Crippen MR) is 90.7 cm³/mol. The number of likely N-dealkylation sites (N-methyl/N-ethyl adjacent to an activating group) is 1. The van der Waals surface area contributed by atoms with E-state index in [1.54, 1.807) is 12.1 Å². The topological polar surface area (TPSA) is 35.6 Å². The average molecular weight is 321 g/mol. The average Bonchev–Trinajstić information content (AvgIpc) is 2.76. The zero-order chi connectivity index (χ0) is 16.7. The molecule has 1 fully saturated rings. The number of benzene rings is 1. The number of carbonyl (C=O) groups excluding carboxylic acids is 1. The predicted octanol–water partition coefficient (Wildman–Crippen LogP) is 2.42. The van der Waals surface area contributed by atoms with Gasteiger partial charge in [0.1, 0.15) is 11.9 Å². The van der Waals surface area contributed by atoms with Crippen molar-refractivity contribution in [2.45, 2.75) is 31.7 Å². The Morgan fingerprint density at radius 2 is 1.96 bits per heavy atom. The third-order valence-electron chi connectivity index (χ3n) is 4.36. The first kappa shape index (κ1) is 17.9. The van der Waals surface area contributed by atoms with Crippen molar-refractivity contribution < 1.29 is 9.18 Å². The molecule has 1 amide bonds. The first-order chi connectivity index (χ1) is 11.1. The Bertz CT molecular complexity index is 499. The van der Waals surface area contributed by atoms with Gasteiger partial charge in [-0.15, -0.1) is 0 Å². The highest BCUT2D eigenvalue weighted by Gasteiger charge is 2.23. The summed E-state index contributed by atoms with van der Waals surface area (Å²) < 4.78 is 13.4.